The van der Waals surface area contributed by atoms with Crippen molar-refractivity contribution in [2.75, 3.05) is 13.7 Å². The van der Waals surface area contributed by atoms with E-state index in [9.17, 15) is 9.90 Å². The predicted molar refractivity (Wildman–Crippen MR) is 80.5 cm³/mol. The van der Waals surface area contributed by atoms with Crippen LogP contribution in [0.15, 0.2) is 12.1 Å². The maximum absolute atomic E-state index is 11.2. The number of hydrogen-bond donors (Lipinski definition) is 2. The molecule has 1 atom stereocenters. The van der Waals surface area contributed by atoms with Crippen LogP contribution < -0.4 is 10.1 Å². The summed E-state index contributed by atoms with van der Waals surface area (Å²) in [6.45, 7) is 8.35. The van der Waals surface area contributed by atoms with E-state index in [-0.39, 0.29) is 0 Å². The van der Waals surface area contributed by atoms with E-state index >= 15 is 0 Å². The molecule has 0 saturated carbocycles. The van der Waals surface area contributed by atoms with Crippen LogP contribution in [0.2, 0.25) is 0 Å². The van der Waals surface area contributed by atoms with E-state index in [1.54, 1.807) is 14.0 Å². The van der Waals surface area contributed by atoms with Gasteiger partial charge >= 0.3 is 5.97 Å². The molecule has 0 aromatic heterocycles. The molecule has 1 unspecified atom stereocenters. The second kappa shape index (κ2) is 6.75. The fourth-order valence-corrected chi connectivity index (χ4v) is 2.09. The molecule has 0 aliphatic heterocycles. The number of aliphatic carboxylic acids is 1. The van der Waals surface area contributed by atoms with E-state index < -0.39 is 11.5 Å². The number of benzene rings is 1. The quantitative estimate of drug-likeness (QED) is 0.754. The number of rotatable bonds is 7. The lowest BCUT2D eigenvalue weighted by Crippen LogP contribution is -2.47. The lowest BCUT2D eigenvalue weighted by Gasteiger charge is -2.24. The van der Waals surface area contributed by atoms with Gasteiger partial charge in [0, 0.05) is 0 Å². The molecule has 0 fully saturated rings. The molecule has 0 aliphatic rings. The van der Waals surface area contributed by atoms with Crippen molar-refractivity contribution in [3.63, 3.8) is 0 Å². The molecule has 0 heterocycles. The molecule has 112 valence electrons. The monoisotopic (exact) mass is 279 g/mol. The van der Waals surface area contributed by atoms with Crippen molar-refractivity contribution in [2.24, 2.45) is 0 Å². The first kappa shape index (κ1) is 16.5. The van der Waals surface area contributed by atoms with E-state index in [0.717, 1.165) is 16.9 Å². The number of carbonyl (C=O) groups is 1. The van der Waals surface area contributed by atoms with Gasteiger partial charge in [-0.15, -0.1) is 0 Å². The van der Waals surface area contributed by atoms with Crippen LogP contribution in [0.3, 0.4) is 0 Å². The lowest BCUT2D eigenvalue weighted by molar-refractivity contribution is -0.144. The van der Waals surface area contributed by atoms with Crippen LogP contribution in [0.5, 0.6) is 5.75 Å². The first-order chi connectivity index (χ1) is 9.31. The van der Waals surface area contributed by atoms with E-state index in [1.165, 1.54) is 5.56 Å². The second-order valence-corrected chi connectivity index (χ2v) is 5.49. The van der Waals surface area contributed by atoms with Gasteiger partial charge in [-0.05, 0) is 64.3 Å². The molecule has 1 aromatic rings. The maximum atomic E-state index is 11.2. The highest BCUT2D eigenvalue weighted by atomic mass is 16.5. The highest BCUT2D eigenvalue weighted by molar-refractivity contribution is 5.78. The zero-order chi connectivity index (χ0) is 15.3. The maximum Gasteiger partial charge on any atom is 0.323 e. The Morgan fingerprint density at radius 1 is 1.30 bits per heavy atom. The number of likely N-dealkylation sites (N-methyl/N-ethyl adjacent to an activating group) is 1. The summed E-state index contributed by atoms with van der Waals surface area (Å²) < 4.78 is 5.85. The number of hydrogen-bond acceptors (Lipinski definition) is 3. The Balaban J connectivity index is 2.58. The molecule has 1 aromatic carbocycles. The van der Waals surface area contributed by atoms with E-state index in [1.807, 2.05) is 19.9 Å². The molecular weight excluding hydrogens is 254 g/mol. The van der Waals surface area contributed by atoms with Crippen LogP contribution in [0.1, 0.15) is 36.5 Å². The molecule has 0 spiro atoms. The molecule has 4 heteroatoms. The summed E-state index contributed by atoms with van der Waals surface area (Å²) in [7, 11) is 1.67. The third-order valence-corrected chi connectivity index (χ3v) is 3.96. The zero-order valence-electron chi connectivity index (χ0n) is 13.0. The van der Waals surface area contributed by atoms with Gasteiger partial charge in [0.05, 0.1) is 6.61 Å². The van der Waals surface area contributed by atoms with Crippen molar-refractivity contribution >= 4 is 5.97 Å². The molecule has 0 saturated heterocycles. The average Bonchev–Trinajstić information content (AvgIpc) is 2.41. The molecule has 0 amide bonds. The summed E-state index contributed by atoms with van der Waals surface area (Å²) in [4.78, 5) is 11.2. The Hall–Kier alpha value is -1.55. The third kappa shape index (κ3) is 3.73. The van der Waals surface area contributed by atoms with Gasteiger partial charge < -0.3 is 15.2 Å². The topological polar surface area (TPSA) is 58.6 Å². The third-order valence-electron chi connectivity index (χ3n) is 3.96. The Kier molecular flexibility index (Phi) is 5.57. The van der Waals surface area contributed by atoms with Crippen LogP contribution in [-0.2, 0) is 4.79 Å². The number of carboxylic acid groups (broad SMARTS) is 1. The van der Waals surface area contributed by atoms with E-state index in [2.05, 4.69) is 18.3 Å². The van der Waals surface area contributed by atoms with Crippen molar-refractivity contribution < 1.29 is 14.6 Å². The Labute approximate surface area is 121 Å². The standard InChI is InChI=1S/C16H25NO3/c1-11-7-8-12(2)14(13(11)3)20-10-6-9-16(4,17-5)15(18)19/h7-8,17H,6,9-10H2,1-5H3,(H,18,19). The van der Waals surface area contributed by atoms with Gasteiger partial charge in [-0.3, -0.25) is 4.79 Å². The van der Waals surface area contributed by atoms with Gasteiger partial charge in [-0.1, -0.05) is 12.1 Å². The Morgan fingerprint density at radius 2 is 1.90 bits per heavy atom. The molecule has 1 rings (SSSR count). The largest absolute Gasteiger partial charge is 0.493 e. The minimum Gasteiger partial charge on any atom is -0.493 e. The van der Waals surface area contributed by atoms with Crippen LogP contribution in [0.25, 0.3) is 0 Å². The lowest BCUT2D eigenvalue weighted by atomic mass is 9.96. The van der Waals surface area contributed by atoms with Crippen LogP contribution in [0.4, 0.5) is 0 Å². The van der Waals surface area contributed by atoms with Crippen LogP contribution in [0, 0.1) is 20.8 Å². The average molecular weight is 279 g/mol. The molecule has 0 aliphatic carbocycles. The van der Waals surface area contributed by atoms with Crippen LogP contribution >= 0.6 is 0 Å². The SMILES string of the molecule is CNC(C)(CCCOc1c(C)ccc(C)c1C)C(=O)O. The molecule has 2 N–H and O–H groups in total. The predicted octanol–water partition coefficient (Wildman–Crippen LogP) is 2.83. The summed E-state index contributed by atoms with van der Waals surface area (Å²) in [5.74, 6) is 0.0920. The van der Waals surface area contributed by atoms with E-state index in [4.69, 9.17) is 4.74 Å². The number of aryl methyl sites for hydroxylation is 2. The van der Waals surface area contributed by atoms with Crippen molar-refractivity contribution in [3.8, 4) is 5.75 Å². The van der Waals surface area contributed by atoms with Gasteiger partial charge in [-0.2, -0.15) is 0 Å². The summed E-state index contributed by atoms with van der Waals surface area (Å²) in [6.07, 6.45) is 1.22. The van der Waals surface area contributed by atoms with Gasteiger partial charge in [0.25, 0.3) is 0 Å². The van der Waals surface area contributed by atoms with Crippen molar-refractivity contribution in [3.05, 3.63) is 28.8 Å². The van der Waals surface area contributed by atoms with Crippen LogP contribution in [-0.4, -0.2) is 30.3 Å². The molecule has 0 bridgehead atoms. The number of nitrogens with one attached hydrogen (secondary N) is 1. The van der Waals surface area contributed by atoms with Crippen molar-refractivity contribution in [2.45, 2.75) is 46.1 Å². The minimum atomic E-state index is -0.889. The summed E-state index contributed by atoms with van der Waals surface area (Å²) in [5, 5.41) is 12.0. The smallest absolute Gasteiger partial charge is 0.323 e. The van der Waals surface area contributed by atoms with Gasteiger partial charge in [0.1, 0.15) is 11.3 Å². The van der Waals surface area contributed by atoms with Gasteiger partial charge in [-0.25, -0.2) is 0 Å². The first-order valence-corrected chi connectivity index (χ1v) is 6.93. The number of ether oxygens (including phenoxy) is 1. The molecule has 4 nitrogen and oxygen atoms in total. The Bertz CT molecular complexity index is 485. The fraction of sp³-hybridized carbons (Fsp3) is 0.562. The number of carboxylic acids is 1. The zero-order valence-corrected chi connectivity index (χ0v) is 13.0. The van der Waals surface area contributed by atoms with Crippen molar-refractivity contribution in [1.82, 2.24) is 5.32 Å². The fourth-order valence-electron chi connectivity index (χ4n) is 2.09. The Morgan fingerprint density at radius 3 is 2.45 bits per heavy atom. The normalized spacial score (nSPS) is 13.8. The van der Waals surface area contributed by atoms with Gasteiger partial charge in [0.2, 0.25) is 0 Å². The molecule has 20 heavy (non-hydrogen) atoms. The minimum absolute atomic E-state index is 0.523. The summed E-state index contributed by atoms with van der Waals surface area (Å²) in [5.41, 5.74) is 2.58. The van der Waals surface area contributed by atoms with Crippen molar-refractivity contribution in [1.29, 1.82) is 0 Å². The van der Waals surface area contributed by atoms with Gasteiger partial charge in [0.15, 0.2) is 0 Å². The molecular formula is C16H25NO3. The summed E-state index contributed by atoms with van der Waals surface area (Å²) >= 11 is 0. The highest BCUT2D eigenvalue weighted by Crippen LogP contribution is 2.26. The first-order valence-electron chi connectivity index (χ1n) is 6.93. The second-order valence-electron chi connectivity index (χ2n) is 5.49. The summed E-state index contributed by atoms with van der Waals surface area (Å²) in [6, 6.07) is 4.13. The molecule has 0 radical (unpaired) electrons. The van der Waals surface area contributed by atoms with E-state index in [0.29, 0.717) is 19.4 Å². The highest BCUT2D eigenvalue weighted by Gasteiger charge is 2.30.